The molecular formula is C12H9F3N2O2. The SMILES string of the molecule is O=CCc1nc(Cc2cccc(C(F)(F)F)c2)no1. The monoisotopic (exact) mass is 270 g/mol. The van der Waals surface area contributed by atoms with Gasteiger partial charge in [0.25, 0.3) is 0 Å². The maximum Gasteiger partial charge on any atom is 0.416 e. The van der Waals surface area contributed by atoms with Crippen LogP contribution in [0.2, 0.25) is 0 Å². The second-order valence-corrected chi connectivity index (χ2v) is 3.85. The van der Waals surface area contributed by atoms with Gasteiger partial charge in [0.15, 0.2) is 5.82 Å². The van der Waals surface area contributed by atoms with E-state index in [9.17, 15) is 18.0 Å². The van der Waals surface area contributed by atoms with Crippen LogP contribution < -0.4 is 0 Å². The van der Waals surface area contributed by atoms with Crippen LogP contribution in [0.4, 0.5) is 13.2 Å². The van der Waals surface area contributed by atoms with Crippen LogP contribution in [-0.4, -0.2) is 16.4 Å². The van der Waals surface area contributed by atoms with E-state index < -0.39 is 11.7 Å². The standard InChI is InChI=1S/C12H9F3N2O2/c13-12(14,15)9-3-1-2-8(6-9)7-10-16-11(4-5-18)19-17-10/h1-3,5-6H,4,7H2. The van der Waals surface area contributed by atoms with E-state index in [1.807, 2.05) is 0 Å². The van der Waals surface area contributed by atoms with E-state index >= 15 is 0 Å². The Kier molecular flexibility index (Phi) is 3.64. The van der Waals surface area contributed by atoms with Gasteiger partial charge in [-0.15, -0.1) is 0 Å². The van der Waals surface area contributed by atoms with Crippen molar-refractivity contribution < 1.29 is 22.5 Å². The van der Waals surface area contributed by atoms with Crippen LogP contribution in [0, 0.1) is 0 Å². The summed E-state index contributed by atoms with van der Waals surface area (Å²) in [5.74, 6) is 0.396. The largest absolute Gasteiger partial charge is 0.416 e. The number of nitrogens with zero attached hydrogens (tertiary/aromatic N) is 2. The van der Waals surface area contributed by atoms with Gasteiger partial charge >= 0.3 is 6.18 Å². The highest BCUT2D eigenvalue weighted by Crippen LogP contribution is 2.29. The molecule has 0 aliphatic rings. The number of aromatic nitrogens is 2. The molecule has 0 saturated heterocycles. The Hall–Kier alpha value is -2.18. The highest BCUT2D eigenvalue weighted by molar-refractivity contribution is 5.52. The number of aldehydes is 1. The van der Waals surface area contributed by atoms with Crippen LogP contribution in [0.1, 0.15) is 22.8 Å². The molecule has 0 aliphatic heterocycles. The Labute approximate surface area is 106 Å². The summed E-state index contributed by atoms with van der Waals surface area (Å²) in [6.07, 6.45) is -3.65. The van der Waals surface area contributed by atoms with E-state index in [1.165, 1.54) is 6.07 Å². The van der Waals surface area contributed by atoms with Crippen molar-refractivity contribution in [2.24, 2.45) is 0 Å². The second kappa shape index (κ2) is 5.21. The van der Waals surface area contributed by atoms with Crippen LogP contribution in [-0.2, 0) is 23.8 Å². The molecule has 4 nitrogen and oxygen atoms in total. The molecule has 0 radical (unpaired) electrons. The van der Waals surface area contributed by atoms with Crippen molar-refractivity contribution in [3.8, 4) is 0 Å². The van der Waals surface area contributed by atoms with Crippen molar-refractivity contribution in [3.05, 3.63) is 47.1 Å². The van der Waals surface area contributed by atoms with Crippen molar-refractivity contribution in [3.63, 3.8) is 0 Å². The molecule has 1 heterocycles. The van der Waals surface area contributed by atoms with Gasteiger partial charge < -0.3 is 9.32 Å². The summed E-state index contributed by atoms with van der Waals surface area (Å²) in [5, 5.41) is 3.60. The normalized spacial score (nSPS) is 11.5. The first-order valence-corrected chi connectivity index (χ1v) is 5.40. The van der Waals surface area contributed by atoms with Gasteiger partial charge in [-0.05, 0) is 11.6 Å². The minimum Gasteiger partial charge on any atom is -0.339 e. The molecule has 1 aromatic heterocycles. The molecule has 2 rings (SSSR count). The number of carbonyl (C=O) groups is 1. The lowest BCUT2D eigenvalue weighted by atomic mass is 10.1. The molecular weight excluding hydrogens is 261 g/mol. The quantitative estimate of drug-likeness (QED) is 0.800. The van der Waals surface area contributed by atoms with Gasteiger partial charge in [0, 0.05) is 6.42 Å². The van der Waals surface area contributed by atoms with Crippen molar-refractivity contribution in [1.82, 2.24) is 10.1 Å². The van der Waals surface area contributed by atoms with Crippen molar-refractivity contribution in [1.29, 1.82) is 0 Å². The molecule has 0 spiro atoms. The predicted molar refractivity (Wildman–Crippen MR) is 58.3 cm³/mol. The second-order valence-electron chi connectivity index (χ2n) is 3.85. The molecule has 0 amide bonds. The topological polar surface area (TPSA) is 56.0 Å². The van der Waals surface area contributed by atoms with E-state index in [0.717, 1.165) is 12.1 Å². The summed E-state index contributed by atoms with van der Waals surface area (Å²) in [6, 6.07) is 4.91. The fourth-order valence-electron chi connectivity index (χ4n) is 1.56. The van der Waals surface area contributed by atoms with Crippen LogP contribution in [0.25, 0.3) is 0 Å². The number of alkyl halides is 3. The van der Waals surface area contributed by atoms with Gasteiger partial charge in [-0.2, -0.15) is 18.2 Å². The first-order valence-electron chi connectivity index (χ1n) is 5.40. The minimum absolute atomic E-state index is 0.00437. The lowest BCUT2D eigenvalue weighted by Crippen LogP contribution is -2.05. The van der Waals surface area contributed by atoms with Crippen LogP contribution in [0.5, 0.6) is 0 Å². The van der Waals surface area contributed by atoms with E-state index in [0.29, 0.717) is 11.8 Å². The fourth-order valence-corrected chi connectivity index (χ4v) is 1.56. The lowest BCUT2D eigenvalue weighted by Gasteiger charge is -2.07. The minimum atomic E-state index is -4.38. The van der Waals surface area contributed by atoms with Gasteiger partial charge in [0.2, 0.25) is 5.89 Å². The molecule has 1 aromatic carbocycles. The fraction of sp³-hybridized carbons (Fsp3) is 0.250. The Bertz CT molecular complexity index is 578. The number of halogens is 3. The van der Waals surface area contributed by atoms with Crippen molar-refractivity contribution >= 4 is 6.29 Å². The van der Waals surface area contributed by atoms with Gasteiger partial charge in [0.1, 0.15) is 6.29 Å². The first-order chi connectivity index (χ1) is 8.99. The number of benzene rings is 1. The molecule has 100 valence electrons. The Morgan fingerprint density at radius 3 is 2.79 bits per heavy atom. The average Bonchev–Trinajstić information content (AvgIpc) is 2.76. The van der Waals surface area contributed by atoms with Gasteiger partial charge in [-0.3, -0.25) is 0 Å². The smallest absolute Gasteiger partial charge is 0.339 e. The van der Waals surface area contributed by atoms with E-state index in [-0.39, 0.29) is 24.6 Å². The molecule has 0 bridgehead atoms. The number of hydrogen-bond donors (Lipinski definition) is 0. The van der Waals surface area contributed by atoms with E-state index in [2.05, 4.69) is 10.1 Å². The van der Waals surface area contributed by atoms with E-state index in [1.54, 1.807) is 6.07 Å². The molecule has 0 N–H and O–H groups in total. The molecule has 19 heavy (non-hydrogen) atoms. The zero-order chi connectivity index (χ0) is 13.9. The third-order valence-corrected chi connectivity index (χ3v) is 2.38. The molecule has 2 aromatic rings. The van der Waals surface area contributed by atoms with Gasteiger partial charge in [-0.1, -0.05) is 23.4 Å². The van der Waals surface area contributed by atoms with Crippen LogP contribution in [0.15, 0.2) is 28.8 Å². The third-order valence-electron chi connectivity index (χ3n) is 2.38. The summed E-state index contributed by atoms with van der Waals surface area (Å²) in [5.41, 5.74) is -0.296. The molecule has 0 atom stereocenters. The summed E-state index contributed by atoms with van der Waals surface area (Å²) in [6.45, 7) is 0. The first kappa shape index (κ1) is 13.3. The number of hydrogen-bond acceptors (Lipinski definition) is 4. The molecule has 0 aliphatic carbocycles. The number of carbonyl (C=O) groups excluding carboxylic acids is 1. The van der Waals surface area contributed by atoms with E-state index in [4.69, 9.17) is 4.52 Å². The lowest BCUT2D eigenvalue weighted by molar-refractivity contribution is -0.137. The average molecular weight is 270 g/mol. The zero-order valence-corrected chi connectivity index (χ0v) is 9.65. The van der Waals surface area contributed by atoms with Crippen LogP contribution in [0.3, 0.4) is 0 Å². The third kappa shape index (κ3) is 3.40. The Morgan fingerprint density at radius 2 is 2.11 bits per heavy atom. The highest BCUT2D eigenvalue weighted by Gasteiger charge is 2.30. The van der Waals surface area contributed by atoms with Crippen LogP contribution >= 0.6 is 0 Å². The molecule has 0 fully saturated rings. The van der Waals surface area contributed by atoms with Crippen molar-refractivity contribution in [2.75, 3.05) is 0 Å². The Morgan fingerprint density at radius 1 is 1.32 bits per heavy atom. The maximum atomic E-state index is 12.5. The maximum absolute atomic E-state index is 12.5. The van der Waals surface area contributed by atoms with Gasteiger partial charge in [0.05, 0.1) is 12.0 Å². The predicted octanol–water partition coefficient (Wildman–Crippen LogP) is 2.42. The van der Waals surface area contributed by atoms with Crippen molar-refractivity contribution in [2.45, 2.75) is 19.0 Å². The summed E-state index contributed by atoms with van der Waals surface area (Å²) in [7, 11) is 0. The molecule has 7 heteroatoms. The molecule has 0 unspecified atom stereocenters. The number of rotatable bonds is 4. The van der Waals surface area contributed by atoms with Gasteiger partial charge in [-0.25, -0.2) is 0 Å². The zero-order valence-electron chi connectivity index (χ0n) is 9.65. The molecule has 0 saturated carbocycles. The summed E-state index contributed by atoms with van der Waals surface area (Å²) < 4.78 is 42.3. The highest BCUT2D eigenvalue weighted by atomic mass is 19.4. The summed E-state index contributed by atoms with van der Waals surface area (Å²) in [4.78, 5) is 14.1. The summed E-state index contributed by atoms with van der Waals surface area (Å²) >= 11 is 0. The Balaban J connectivity index is 2.16.